The topological polar surface area (TPSA) is 35.5 Å². The lowest BCUT2D eigenvalue weighted by Crippen LogP contribution is -2.51. The predicted octanol–water partition coefficient (Wildman–Crippen LogP) is 4.60. The van der Waals surface area contributed by atoms with Crippen LogP contribution in [-0.2, 0) is 14.0 Å². The van der Waals surface area contributed by atoms with E-state index in [0.717, 1.165) is 31.3 Å². The standard InChI is InChI=1S/C20H28O3Si/c1-13(2)24(14(3)4)17-9-15(5)10-20-8-6-7-16(20)11-19(17,12-22-24)18(21)23-20/h9,11,13-14H,5-8,10,12H2,1-4H3/b17-9+/t19-,20+/m0/s1. The van der Waals surface area contributed by atoms with Gasteiger partial charge in [-0.15, -0.1) is 0 Å². The monoisotopic (exact) mass is 344 g/mol. The van der Waals surface area contributed by atoms with Crippen molar-refractivity contribution in [3.05, 3.63) is 35.1 Å². The maximum Gasteiger partial charge on any atom is 0.323 e. The minimum Gasteiger partial charge on any atom is -0.453 e. The van der Waals surface area contributed by atoms with Crippen molar-refractivity contribution >= 4 is 14.3 Å². The van der Waals surface area contributed by atoms with Crippen LogP contribution < -0.4 is 0 Å². The number of carbonyl (C=O) groups excluding carboxylic acids is 1. The summed E-state index contributed by atoms with van der Waals surface area (Å²) in [6.45, 7) is 13.8. The summed E-state index contributed by atoms with van der Waals surface area (Å²) in [6.07, 6.45) is 8.28. The Morgan fingerprint density at radius 3 is 2.62 bits per heavy atom. The van der Waals surface area contributed by atoms with Crippen molar-refractivity contribution < 1.29 is 14.0 Å². The molecule has 2 atom stereocenters. The van der Waals surface area contributed by atoms with E-state index in [0.29, 0.717) is 17.7 Å². The SMILES string of the molecule is C=C1/C=C2\[C@]3(C=C4CCC[C@]4(C1)OC3=O)CO[Si]2(C(C)C)C(C)C. The van der Waals surface area contributed by atoms with Crippen molar-refractivity contribution in [1.29, 1.82) is 0 Å². The molecule has 2 aliphatic carbocycles. The fraction of sp³-hybridized carbons (Fsp3) is 0.650. The molecule has 0 N–H and O–H groups in total. The Morgan fingerprint density at radius 2 is 1.96 bits per heavy atom. The largest absolute Gasteiger partial charge is 0.453 e. The van der Waals surface area contributed by atoms with Crippen molar-refractivity contribution in [3.63, 3.8) is 0 Å². The molecule has 24 heavy (non-hydrogen) atoms. The Labute approximate surface area is 145 Å². The maximum atomic E-state index is 13.2. The number of rotatable bonds is 2. The highest BCUT2D eigenvalue weighted by Gasteiger charge is 2.66. The number of ether oxygens (including phenoxy) is 1. The zero-order valence-corrected chi connectivity index (χ0v) is 16.3. The van der Waals surface area contributed by atoms with Crippen molar-refractivity contribution in [2.24, 2.45) is 5.41 Å². The molecule has 130 valence electrons. The first kappa shape index (κ1) is 16.3. The van der Waals surface area contributed by atoms with Gasteiger partial charge < -0.3 is 9.16 Å². The molecule has 0 amide bonds. The van der Waals surface area contributed by atoms with E-state index in [9.17, 15) is 4.79 Å². The lowest BCUT2D eigenvalue weighted by atomic mass is 9.75. The maximum absolute atomic E-state index is 13.2. The number of hydrogen-bond acceptors (Lipinski definition) is 3. The lowest BCUT2D eigenvalue weighted by Gasteiger charge is -2.45. The summed E-state index contributed by atoms with van der Waals surface area (Å²) < 4.78 is 12.8. The van der Waals surface area contributed by atoms with E-state index in [1.54, 1.807) is 0 Å². The Kier molecular flexibility index (Phi) is 3.37. The van der Waals surface area contributed by atoms with E-state index in [1.807, 2.05) is 0 Å². The summed E-state index contributed by atoms with van der Waals surface area (Å²) >= 11 is 0. The summed E-state index contributed by atoms with van der Waals surface area (Å²) in [6, 6.07) is 0. The normalized spacial score (nSPS) is 39.1. The highest BCUT2D eigenvalue weighted by Crippen LogP contribution is 2.60. The minimum atomic E-state index is -2.25. The molecule has 0 aromatic heterocycles. The average molecular weight is 345 g/mol. The second kappa shape index (κ2) is 4.95. The highest BCUT2D eigenvalue weighted by atomic mass is 28.4. The number of esters is 1. The molecule has 2 fully saturated rings. The van der Waals surface area contributed by atoms with Gasteiger partial charge in [-0.2, -0.15) is 0 Å². The van der Waals surface area contributed by atoms with Crippen LogP contribution >= 0.6 is 0 Å². The molecule has 5 aliphatic rings. The Balaban J connectivity index is 1.98. The first-order valence-corrected chi connectivity index (χ1v) is 11.3. The number of allylic oxidation sites excluding steroid dienone is 1. The van der Waals surface area contributed by atoms with Gasteiger partial charge in [0.05, 0.1) is 6.61 Å². The first-order valence-electron chi connectivity index (χ1n) is 9.27. The molecule has 0 unspecified atom stereocenters. The zero-order valence-electron chi connectivity index (χ0n) is 15.3. The van der Waals surface area contributed by atoms with E-state index in [-0.39, 0.29) is 5.97 Å². The summed E-state index contributed by atoms with van der Waals surface area (Å²) in [7, 11) is -2.25. The number of carbonyl (C=O) groups is 1. The van der Waals surface area contributed by atoms with E-state index >= 15 is 0 Å². The van der Waals surface area contributed by atoms with E-state index < -0.39 is 19.3 Å². The number of fused-ring (bicyclic) bond motifs is 3. The smallest absolute Gasteiger partial charge is 0.323 e. The van der Waals surface area contributed by atoms with Gasteiger partial charge in [0.1, 0.15) is 11.0 Å². The van der Waals surface area contributed by atoms with Gasteiger partial charge >= 0.3 is 5.97 Å². The average Bonchev–Trinajstić information content (AvgIpc) is 2.99. The summed E-state index contributed by atoms with van der Waals surface area (Å²) in [4.78, 5) is 13.2. The first-order chi connectivity index (χ1) is 11.3. The third kappa shape index (κ3) is 1.79. The van der Waals surface area contributed by atoms with Crippen LogP contribution in [0.15, 0.2) is 35.1 Å². The fourth-order valence-electron chi connectivity index (χ4n) is 5.65. The van der Waals surface area contributed by atoms with Crippen molar-refractivity contribution in [3.8, 4) is 0 Å². The van der Waals surface area contributed by atoms with Crippen LogP contribution in [0.2, 0.25) is 11.1 Å². The summed E-state index contributed by atoms with van der Waals surface area (Å²) in [5.74, 6) is -0.0809. The lowest BCUT2D eigenvalue weighted by molar-refractivity contribution is -0.166. The van der Waals surface area contributed by atoms with E-state index in [4.69, 9.17) is 9.16 Å². The molecular formula is C20H28O3Si. The Hall–Kier alpha value is -1.13. The van der Waals surface area contributed by atoms with Crippen LogP contribution in [0.25, 0.3) is 0 Å². The molecule has 3 aliphatic heterocycles. The molecule has 2 bridgehead atoms. The Bertz CT molecular complexity index is 679. The molecule has 5 rings (SSSR count). The molecule has 0 aromatic carbocycles. The van der Waals surface area contributed by atoms with Gasteiger partial charge in [0.2, 0.25) is 8.32 Å². The molecule has 0 radical (unpaired) electrons. The van der Waals surface area contributed by atoms with Gasteiger partial charge in [-0.3, -0.25) is 4.79 Å². The zero-order chi connectivity index (χ0) is 17.3. The quantitative estimate of drug-likeness (QED) is 0.417. The van der Waals surface area contributed by atoms with Gasteiger partial charge in [0.25, 0.3) is 0 Å². The third-order valence-corrected chi connectivity index (χ3v) is 12.2. The third-order valence-electron chi connectivity index (χ3n) is 6.70. The highest BCUT2D eigenvalue weighted by molar-refractivity contribution is 6.84. The van der Waals surface area contributed by atoms with Crippen LogP contribution in [0.3, 0.4) is 0 Å². The second-order valence-electron chi connectivity index (χ2n) is 8.66. The minimum absolute atomic E-state index is 0.0809. The van der Waals surface area contributed by atoms with E-state index in [2.05, 4.69) is 46.4 Å². The van der Waals surface area contributed by atoms with Crippen molar-refractivity contribution in [2.75, 3.05) is 6.61 Å². The van der Waals surface area contributed by atoms with Crippen molar-refractivity contribution in [1.82, 2.24) is 0 Å². The van der Waals surface area contributed by atoms with Crippen molar-refractivity contribution in [2.45, 2.75) is 70.1 Å². The second-order valence-corrected chi connectivity index (χ2v) is 13.4. The van der Waals surface area contributed by atoms with E-state index in [1.165, 1.54) is 10.8 Å². The van der Waals surface area contributed by atoms with Crippen LogP contribution in [0.5, 0.6) is 0 Å². The van der Waals surface area contributed by atoms with Crippen LogP contribution in [0.4, 0.5) is 0 Å². The summed E-state index contributed by atoms with van der Waals surface area (Å²) in [5, 5.41) is 1.21. The predicted molar refractivity (Wildman–Crippen MR) is 96.9 cm³/mol. The summed E-state index contributed by atoms with van der Waals surface area (Å²) in [5.41, 5.74) is 2.14. The molecule has 4 heteroatoms. The molecule has 0 aromatic rings. The molecular weight excluding hydrogens is 316 g/mol. The van der Waals surface area contributed by atoms with Gasteiger partial charge in [-0.25, -0.2) is 0 Å². The van der Waals surface area contributed by atoms with Gasteiger partial charge in [0.15, 0.2) is 0 Å². The van der Waals surface area contributed by atoms with Gasteiger partial charge in [0, 0.05) is 6.42 Å². The van der Waals surface area contributed by atoms with Gasteiger partial charge in [-0.1, -0.05) is 52.0 Å². The molecule has 1 saturated heterocycles. The Morgan fingerprint density at radius 1 is 1.25 bits per heavy atom. The molecule has 3 nitrogen and oxygen atoms in total. The van der Waals surface area contributed by atoms with Crippen LogP contribution in [-0.4, -0.2) is 26.5 Å². The van der Waals surface area contributed by atoms with Crippen LogP contribution in [0, 0.1) is 5.41 Å². The van der Waals surface area contributed by atoms with Gasteiger partial charge in [-0.05, 0) is 41.1 Å². The molecule has 3 heterocycles. The van der Waals surface area contributed by atoms with Crippen LogP contribution in [0.1, 0.15) is 53.4 Å². The molecule has 1 saturated carbocycles. The number of hydrogen-bond donors (Lipinski definition) is 0. The fourth-order valence-corrected chi connectivity index (χ4v) is 10.9. The molecule has 2 spiro atoms.